The van der Waals surface area contributed by atoms with Gasteiger partial charge in [-0.3, -0.25) is 0 Å². The van der Waals surface area contributed by atoms with Crippen molar-refractivity contribution in [2.45, 2.75) is 4.90 Å². The Hall–Kier alpha value is -1.47. The zero-order chi connectivity index (χ0) is 10.5. The molecule has 0 aromatic heterocycles. The maximum atomic E-state index is 2.32. The third-order valence-electron chi connectivity index (χ3n) is 3.29. The van der Waals surface area contributed by atoms with Gasteiger partial charge in [-0.05, 0) is 27.6 Å². The fourth-order valence-corrected chi connectivity index (χ4v) is 3.68. The summed E-state index contributed by atoms with van der Waals surface area (Å²) in [5.74, 6) is 1.12. The van der Waals surface area contributed by atoms with E-state index in [0.29, 0.717) is 0 Å². The van der Waals surface area contributed by atoms with Crippen LogP contribution in [0.15, 0.2) is 41.3 Å². The van der Waals surface area contributed by atoms with Crippen LogP contribution in [-0.4, -0.2) is 5.75 Å². The first-order valence-corrected chi connectivity index (χ1v) is 6.49. The lowest BCUT2D eigenvalue weighted by Gasteiger charge is -2.05. The van der Waals surface area contributed by atoms with Gasteiger partial charge < -0.3 is 0 Å². The normalized spacial score (nSPS) is 14.8. The zero-order valence-corrected chi connectivity index (χ0v) is 9.55. The van der Waals surface area contributed by atoms with Gasteiger partial charge >= 0.3 is 0 Å². The van der Waals surface area contributed by atoms with Crippen molar-refractivity contribution >= 4 is 23.9 Å². The molecule has 1 heterocycles. The molecule has 0 nitrogen and oxygen atoms in total. The Morgan fingerprint density at radius 2 is 1.81 bits per heavy atom. The van der Waals surface area contributed by atoms with E-state index in [1.54, 1.807) is 0 Å². The second-order valence-corrected chi connectivity index (χ2v) is 5.23. The molecule has 0 radical (unpaired) electrons. The lowest BCUT2D eigenvalue weighted by Crippen LogP contribution is -2.10. The quantitative estimate of drug-likeness (QED) is 0.563. The van der Waals surface area contributed by atoms with E-state index < -0.39 is 0 Å². The van der Waals surface area contributed by atoms with Crippen LogP contribution in [0.3, 0.4) is 0 Å². The second-order valence-electron chi connectivity index (χ2n) is 4.19. The minimum atomic E-state index is 1.12. The first-order valence-electron chi connectivity index (χ1n) is 5.51. The maximum Gasteiger partial charge on any atom is 0.0229 e. The number of hydrogen-bond acceptors (Lipinski definition) is 1. The highest BCUT2D eigenvalue weighted by molar-refractivity contribution is 8.00. The van der Waals surface area contributed by atoms with E-state index >= 15 is 0 Å². The van der Waals surface area contributed by atoms with Gasteiger partial charge in [-0.2, -0.15) is 0 Å². The maximum absolute atomic E-state index is 2.32. The van der Waals surface area contributed by atoms with Crippen LogP contribution < -0.4 is 10.4 Å². The largest absolute Gasteiger partial charge is 0.121 e. The summed E-state index contributed by atoms with van der Waals surface area (Å²) in [4.78, 5) is 1.47. The molecule has 0 fully saturated rings. The standard InChI is InChI=1S/C15H10S/c1-2-4-13-11(3-1)9-12-6-5-10-7-8-16-15(10)14(12)13/h1-7,9H,8H2. The zero-order valence-electron chi connectivity index (χ0n) is 8.73. The summed E-state index contributed by atoms with van der Waals surface area (Å²) in [6.07, 6.45) is 4.62. The molecule has 1 aliphatic carbocycles. The Bertz CT molecular complexity index is 711. The minimum absolute atomic E-state index is 1.12. The molecular weight excluding hydrogens is 212 g/mol. The van der Waals surface area contributed by atoms with E-state index in [9.17, 15) is 0 Å². The summed E-state index contributed by atoms with van der Waals surface area (Å²) < 4.78 is 0. The molecule has 4 rings (SSSR count). The average Bonchev–Trinajstić information content (AvgIpc) is 2.91. The van der Waals surface area contributed by atoms with Gasteiger partial charge in [0.05, 0.1) is 0 Å². The summed E-state index contributed by atoms with van der Waals surface area (Å²) in [6, 6.07) is 13.2. The number of fused-ring (bicyclic) bond motifs is 5. The molecule has 2 aliphatic rings. The Labute approximate surface area is 98.3 Å². The number of thioether (sulfide) groups is 1. The SMILES string of the molecule is C1=c2ccc3c(c2SC1)-c1ccccc1C=3. The predicted octanol–water partition coefficient (Wildman–Crippen LogP) is 2.38. The molecule has 1 heteroatoms. The molecule has 0 unspecified atom stereocenters. The summed E-state index contributed by atoms with van der Waals surface area (Å²) in [5.41, 5.74) is 4.21. The Morgan fingerprint density at radius 1 is 0.938 bits per heavy atom. The highest BCUT2D eigenvalue weighted by Gasteiger charge is 2.17. The highest BCUT2D eigenvalue weighted by atomic mass is 32.2. The van der Waals surface area contributed by atoms with Crippen LogP contribution in [0.2, 0.25) is 0 Å². The van der Waals surface area contributed by atoms with E-state index in [1.807, 2.05) is 11.8 Å². The Morgan fingerprint density at radius 3 is 2.81 bits per heavy atom. The average molecular weight is 222 g/mol. The number of hydrogen-bond donors (Lipinski definition) is 0. The van der Waals surface area contributed by atoms with Gasteiger partial charge in [-0.25, -0.2) is 0 Å². The van der Waals surface area contributed by atoms with Crippen molar-refractivity contribution in [3.05, 3.63) is 52.4 Å². The molecule has 0 spiro atoms. The summed E-state index contributed by atoms with van der Waals surface area (Å²) in [5, 5.41) is 2.79. The van der Waals surface area contributed by atoms with Gasteiger partial charge in [0.1, 0.15) is 0 Å². The van der Waals surface area contributed by atoms with Crippen LogP contribution in [0, 0.1) is 0 Å². The molecule has 0 saturated carbocycles. The van der Waals surface area contributed by atoms with E-state index in [1.165, 1.54) is 32.0 Å². The Balaban J connectivity index is 2.18. The lowest BCUT2D eigenvalue weighted by molar-refractivity contribution is 1.38. The molecule has 0 bridgehead atoms. The molecular formula is C15H10S. The van der Waals surface area contributed by atoms with Crippen LogP contribution in [0.1, 0.15) is 5.56 Å². The summed E-state index contributed by atoms with van der Waals surface area (Å²) >= 11 is 1.96. The van der Waals surface area contributed by atoms with Crippen molar-refractivity contribution in [1.29, 1.82) is 0 Å². The fourth-order valence-electron chi connectivity index (χ4n) is 2.56. The third kappa shape index (κ3) is 1.01. The first-order chi connectivity index (χ1) is 7.93. The molecule has 0 amide bonds. The molecule has 0 atom stereocenters. The first kappa shape index (κ1) is 8.66. The van der Waals surface area contributed by atoms with Crippen molar-refractivity contribution in [2.24, 2.45) is 0 Å². The van der Waals surface area contributed by atoms with Gasteiger partial charge in [0.2, 0.25) is 0 Å². The summed E-state index contributed by atoms with van der Waals surface area (Å²) in [7, 11) is 0. The monoisotopic (exact) mass is 222 g/mol. The van der Waals surface area contributed by atoms with Crippen LogP contribution in [-0.2, 0) is 0 Å². The van der Waals surface area contributed by atoms with Crippen molar-refractivity contribution in [3.63, 3.8) is 0 Å². The highest BCUT2D eigenvalue weighted by Crippen LogP contribution is 2.33. The van der Waals surface area contributed by atoms with Crippen molar-refractivity contribution in [3.8, 4) is 11.1 Å². The van der Waals surface area contributed by atoms with Gasteiger partial charge in [-0.1, -0.05) is 42.5 Å². The molecule has 0 saturated heterocycles. The molecule has 2 aromatic carbocycles. The molecule has 16 heavy (non-hydrogen) atoms. The molecule has 1 aliphatic heterocycles. The summed E-state index contributed by atoms with van der Waals surface area (Å²) in [6.45, 7) is 0. The topological polar surface area (TPSA) is 0 Å². The predicted molar refractivity (Wildman–Crippen MR) is 69.9 cm³/mol. The van der Waals surface area contributed by atoms with Crippen LogP contribution in [0.5, 0.6) is 0 Å². The molecule has 0 N–H and O–H groups in total. The van der Waals surface area contributed by atoms with Crippen molar-refractivity contribution in [2.75, 3.05) is 5.75 Å². The number of benzene rings is 2. The van der Waals surface area contributed by atoms with Crippen molar-refractivity contribution < 1.29 is 0 Å². The van der Waals surface area contributed by atoms with Gasteiger partial charge in [-0.15, -0.1) is 11.8 Å². The third-order valence-corrected chi connectivity index (χ3v) is 4.35. The van der Waals surface area contributed by atoms with E-state index in [-0.39, 0.29) is 0 Å². The van der Waals surface area contributed by atoms with E-state index in [4.69, 9.17) is 0 Å². The van der Waals surface area contributed by atoms with Crippen molar-refractivity contribution in [1.82, 2.24) is 0 Å². The lowest BCUT2D eigenvalue weighted by atomic mass is 10.0. The minimum Gasteiger partial charge on any atom is -0.121 e. The van der Waals surface area contributed by atoms with Gasteiger partial charge in [0.25, 0.3) is 0 Å². The van der Waals surface area contributed by atoms with Gasteiger partial charge in [0, 0.05) is 16.2 Å². The van der Waals surface area contributed by atoms with Crippen LogP contribution in [0.4, 0.5) is 0 Å². The molecule has 76 valence electrons. The second kappa shape index (κ2) is 3.02. The van der Waals surface area contributed by atoms with E-state index in [2.05, 4.69) is 48.6 Å². The number of rotatable bonds is 0. The molecule has 2 aromatic rings. The van der Waals surface area contributed by atoms with Crippen LogP contribution in [0.25, 0.3) is 23.3 Å². The smallest absolute Gasteiger partial charge is 0.0229 e. The van der Waals surface area contributed by atoms with Crippen LogP contribution >= 0.6 is 11.8 Å². The van der Waals surface area contributed by atoms with E-state index in [0.717, 1.165) is 5.75 Å². The fraction of sp³-hybridized carbons (Fsp3) is 0.0667. The Kier molecular flexibility index (Phi) is 1.63. The van der Waals surface area contributed by atoms with Gasteiger partial charge in [0.15, 0.2) is 0 Å².